The predicted molar refractivity (Wildman–Crippen MR) is 81.5 cm³/mol. The molecule has 0 spiro atoms. The van der Waals surface area contributed by atoms with Crippen molar-refractivity contribution in [1.82, 2.24) is 0 Å². The van der Waals surface area contributed by atoms with Gasteiger partial charge in [0.25, 0.3) is 0 Å². The largest absolute Gasteiger partial charge is 0.0807 e. The van der Waals surface area contributed by atoms with E-state index in [0.717, 1.165) is 6.42 Å². The van der Waals surface area contributed by atoms with Crippen LogP contribution < -0.4 is 0 Å². The van der Waals surface area contributed by atoms with E-state index in [2.05, 4.69) is 49.5 Å². The van der Waals surface area contributed by atoms with E-state index in [1.165, 1.54) is 18.4 Å². The quantitative estimate of drug-likeness (QED) is 0.640. The van der Waals surface area contributed by atoms with Gasteiger partial charge in [-0.3, -0.25) is 0 Å². The highest BCUT2D eigenvalue weighted by Gasteiger charge is 1.89. The molecule has 0 radical (unpaired) electrons. The Hall–Kier alpha value is -1.82. The maximum Gasteiger partial charge on any atom is -0.0160 e. The molecule has 0 aliphatic heterocycles. The first-order chi connectivity index (χ1) is 8.93. The lowest BCUT2D eigenvalue weighted by Gasteiger charge is -1.96. The van der Waals surface area contributed by atoms with Crippen molar-refractivity contribution in [2.75, 3.05) is 0 Å². The molecule has 0 heterocycles. The topological polar surface area (TPSA) is 0 Å². The summed E-state index contributed by atoms with van der Waals surface area (Å²) < 4.78 is 0. The lowest BCUT2D eigenvalue weighted by atomic mass is 10.1. The summed E-state index contributed by atoms with van der Waals surface area (Å²) in [6.07, 6.45) is 18.5. The van der Waals surface area contributed by atoms with Gasteiger partial charge >= 0.3 is 0 Å². The normalized spacial score (nSPS) is 21.9. The molecule has 0 atom stereocenters. The summed E-state index contributed by atoms with van der Waals surface area (Å²) in [5.74, 6) is 0. The fourth-order valence-corrected chi connectivity index (χ4v) is 1.61. The Balaban J connectivity index is 0.000000225. The Labute approximate surface area is 111 Å². The molecule has 0 saturated heterocycles. The van der Waals surface area contributed by atoms with Gasteiger partial charge in [0.05, 0.1) is 0 Å². The Morgan fingerprint density at radius 1 is 0.833 bits per heavy atom. The third kappa shape index (κ3) is 7.45. The summed E-state index contributed by atoms with van der Waals surface area (Å²) in [5.41, 5.74) is 1.45. The molecule has 94 valence electrons. The number of benzene rings is 1. The van der Waals surface area contributed by atoms with Crippen LogP contribution in [0.1, 0.15) is 26.2 Å². The van der Waals surface area contributed by atoms with E-state index in [0.29, 0.717) is 0 Å². The third-order valence-electron chi connectivity index (χ3n) is 2.50. The second-order valence-corrected chi connectivity index (χ2v) is 4.09. The molecule has 0 amide bonds. The molecule has 1 aliphatic carbocycles. The van der Waals surface area contributed by atoms with Crippen molar-refractivity contribution in [3.05, 3.63) is 84.5 Å². The van der Waals surface area contributed by atoms with Crippen molar-refractivity contribution < 1.29 is 0 Å². The van der Waals surface area contributed by atoms with Crippen LogP contribution in [0, 0.1) is 0 Å². The average Bonchev–Trinajstić information content (AvgIpc) is 2.56. The maximum atomic E-state index is 2.30. The zero-order valence-corrected chi connectivity index (χ0v) is 11.1. The van der Waals surface area contributed by atoms with Gasteiger partial charge in [-0.1, -0.05) is 97.8 Å². The van der Waals surface area contributed by atoms with Gasteiger partial charge in [-0.05, 0) is 12.8 Å². The molecular weight excluding hydrogens is 216 g/mol. The lowest BCUT2D eigenvalue weighted by molar-refractivity contribution is 0.921. The van der Waals surface area contributed by atoms with Crippen LogP contribution in [0.25, 0.3) is 0 Å². The van der Waals surface area contributed by atoms with Crippen molar-refractivity contribution in [2.45, 2.75) is 26.2 Å². The van der Waals surface area contributed by atoms with Crippen molar-refractivity contribution in [2.24, 2.45) is 0 Å². The SMILES string of the molecule is CCCC1=C/C/C=C/C=C\C=C\1.c1ccccc1. The van der Waals surface area contributed by atoms with Crippen molar-refractivity contribution in [1.29, 1.82) is 0 Å². The monoisotopic (exact) mass is 238 g/mol. The zero-order chi connectivity index (χ0) is 12.9. The molecule has 1 aromatic rings. The van der Waals surface area contributed by atoms with Gasteiger partial charge in [-0.2, -0.15) is 0 Å². The van der Waals surface area contributed by atoms with E-state index in [-0.39, 0.29) is 0 Å². The summed E-state index contributed by atoms with van der Waals surface area (Å²) in [4.78, 5) is 0. The van der Waals surface area contributed by atoms with Crippen molar-refractivity contribution in [3.63, 3.8) is 0 Å². The molecule has 0 heteroatoms. The fourth-order valence-electron chi connectivity index (χ4n) is 1.61. The van der Waals surface area contributed by atoms with Gasteiger partial charge < -0.3 is 0 Å². The Morgan fingerprint density at radius 2 is 1.44 bits per heavy atom. The van der Waals surface area contributed by atoms with Crippen LogP contribution >= 0.6 is 0 Å². The number of allylic oxidation sites excluding steroid dienone is 8. The standard InChI is InChI=1S/C12H16.C6H6/c1-2-9-12-10-7-5-3-4-6-8-11-12;1-2-4-6-5-3-1/h3-7,10-11H,2,8-9H2,1H3;1-6H/b5-3-,6-4+,10-7+,12-11-;. The Kier molecular flexibility index (Phi) is 8.18. The molecular formula is C18H22. The Morgan fingerprint density at radius 3 is 2.06 bits per heavy atom. The highest BCUT2D eigenvalue weighted by Crippen LogP contribution is 2.09. The van der Waals surface area contributed by atoms with E-state index < -0.39 is 0 Å². The highest BCUT2D eigenvalue weighted by atomic mass is 13.9. The van der Waals surface area contributed by atoms with Crippen LogP contribution in [0.2, 0.25) is 0 Å². The highest BCUT2D eigenvalue weighted by molar-refractivity contribution is 5.26. The van der Waals surface area contributed by atoms with Gasteiger partial charge in [0.2, 0.25) is 0 Å². The average molecular weight is 238 g/mol. The van der Waals surface area contributed by atoms with Crippen LogP contribution in [-0.2, 0) is 0 Å². The minimum Gasteiger partial charge on any atom is -0.0807 e. The van der Waals surface area contributed by atoms with E-state index >= 15 is 0 Å². The predicted octanol–water partition coefficient (Wildman–Crippen LogP) is 5.47. The second kappa shape index (κ2) is 10.3. The maximum absolute atomic E-state index is 2.30. The molecule has 0 fully saturated rings. The number of hydrogen-bond donors (Lipinski definition) is 0. The minimum atomic E-state index is 1.06. The van der Waals surface area contributed by atoms with Gasteiger partial charge in [0.1, 0.15) is 0 Å². The summed E-state index contributed by atoms with van der Waals surface area (Å²) >= 11 is 0. The molecule has 0 bridgehead atoms. The smallest absolute Gasteiger partial charge is 0.0160 e. The third-order valence-corrected chi connectivity index (χ3v) is 2.50. The molecule has 0 unspecified atom stereocenters. The lowest BCUT2D eigenvalue weighted by Crippen LogP contribution is -1.76. The van der Waals surface area contributed by atoms with Crippen LogP contribution in [-0.4, -0.2) is 0 Å². The van der Waals surface area contributed by atoms with Crippen LogP contribution in [0.3, 0.4) is 0 Å². The fraction of sp³-hybridized carbons (Fsp3) is 0.222. The molecule has 1 aromatic carbocycles. The molecule has 18 heavy (non-hydrogen) atoms. The van der Waals surface area contributed by atoms with Gasteiger partial charge in [0.15, 0.2) is 0 Å². The van der Waals surface area contributed by atoms with Gasteiger partial charge in [-0.25, -0.2) is 0 Å². The molecule has 1 aliphatic rings. The van der Waals surface area contributed by atoms with Crippen molar-refractivity contribution >= 4 is 0 Å². The van der Waals surface area contributed by atoms with Gasteiger partial charge in [-0.15, -0.1) is 0 Å². The number of hydrogen-bond acceptors (Lipinski definition) is 0. The van der Waals surface area contributed by atoms with Crippen LogP contribution in [0.4, 0.5) is 0 Å². The second-order valence-electron chi connectivity index (χ2n) is 4.09. The summed E-state index contributed by atoms with van der Waals surface area (Å²) in [5, 5.41) is 0. The van der Waals surface area contributed by atoms with Crippen LogP contribution in [0.5, 0.6) is 0 Å². The summed E-state index contributed by atoms with van der Waals surface area (Å²) in [6, 6.07) is 12.0. The molecule has 2 rings (SSSR count). The van der Waals surface area contributed by atoms with E-state index in [1.807, 2.05) is 36.4 Å². The number of rotatable bonds is 2. The summed E-state index contributed by atoms with van der Waals surface area (Å²) in [7, 11) is 0. The first-order valence-electron chi connectivity index (χ1n) is 6.62. The Bertz CT molecular complexity index is 378. The van der Waals surface area contributed by atoms with Crippen molar-refractivity contribution in [3.8, 4) is 0 Å². The molecule has 0 saturated carbocycles. The van der Waals surface area contributed by atoms with Gasteiger partial charge in [0, 0.05) is 0 Å². The molecule has 0 N–H and O–H groups in total. The molecule has 0 aromatic heterocycles. The van der Waals surface area contributed by atoms with E-state index in [4.69, 9.17) is 0 Å². The summed E-state index contributed by atoms with van der Waals surface area (Å²) in [6.45, 7) is 2.22. The first kappa shape index (κ1) is 14.2. The molecule has 0 nitrogen and oxygen atoms in total. The van der Waals surface area contributed by atoms with E-state index in [9.17, 15) is 0 Å². The van der Waals surface area contributed by atoms with Crippen LogP contribution in [0.15, 0.2) is 84.5 Å². The zero-order valence-electron chi connectivity index (χ0n) is 11.1. The first-order valence-corrected chi connectivity index (χ1v) is 6.62. The minimum absolute atomic E-state index is 1.06. The van der Waals surface area contributed by atoms with E-state index in [1.54, 1.807) is 0 Å².